The minimum atomic E-state index is -0.915. The van der Waals surface area contributed by atoms with Crippen LogP contribution in [0.4, 0.5) is 0 Å². The third-order valence-electron chi connectivity index (χ3n) is 6.27. The van der Waals surface area contributed by atoms with Gasteiger partial charge in [-0.3, -0.25) is 9.69 Å². The maximum atomic E-state index is 13.0. The van der Waals surface area contributed by atoms with Gasteiger partial charge in [-0.05, 0) is 26.0 Å². The van der Waals surface area contributed by atoms with Crippen molar-refractivity contribution in [3.8, 4) is 0 Å². The van der Waals surface area contributed by atoms with Gasteiger partial charge >= 0.3 is 0 Å². The molecule has 1 aliphatic heterocycles. The van der Waals surface area contributed by atoms with Crippen LogP contribution in [0.3, 0.4) is 0 Å². The molecule has 152 valence electrons. The van der Waals surface area contributed by atoms with E-state index in [0.29, 0.717) is 32.8 Å². The number of aryl methyl sites for hydroxylation is 1. The van der Waals surface area contributed by atoms with Crippen LogP contribution in [-0.2, 0) is 14.3 Å². The first kappa shape index (κ1) is 20.3. The van der Waals surface area contributed by atoms with E-state index in [4.69, 9.17) is 19.6 Å². The molecule has 0 bridgehead atoms. The maximum absolute atomic E-state index is 13.0. The van der Waals surface area contributed by atoms with Crippen molar-refractivity contribution in [3.05, 3.63) is 23.7 Å². The molecule has 1 aliphatic carbocycles. The lowest BCUT2D eigenvalue weighted by Crippen LogP contribution is -2.76. The smallest absolute Gasteiger partial charge is 0.240 e. The highest BCUT2D eigenvalue weighted by atomic mass is 16.5. The van der Waals surface area contributed by atoms with Crippen molar-refractivity contribution < 1.29 is 18.7 Å². The molecule has 27 heavy (non-hydrogen) atoms. The summed E-state index contributed by atoms with van der Waals surface area (Å²) in [5, 5.41) is 3.09. The van der Waals surface area contributed by atoms with Crippen LogP contribution in [0.5, 0.6) is 0 Å². The van der Waals surface area contributed by atoms with Crippen molar-refractivity contribution >= 4 is 5.91 Å². The van der Waals surface area contributed by atoms with Gasteiger partial charge in [0.05, 0.1) is 25.4 Å². The average Bonchev–Trinajstić information content (AvgIpc) is 3.08. The highest BCUT2D eigenvalue weighted by Crippen LogP contribution is 2.49. The highest BCUT2D eigenvalue weighted by molar-refractivity contribution is 5.88. The molecule has 1 saturated carbocycles. The van der Waals surface area contributed by atoms with Crippen molar-refractivity contribution in [3.63, 3.8) is 0 Å². The minimum Gasteiger partial charge on any atom is -0.465 e. The number of carbonyl (C=O) groups is 1. The first-order valence-electron chi connectivity index (χ1n) is 9.86. The van der Waals surface area contributed by atoms with E-state index in [-0.39, 0.29) is 18.1 Å². The molecule has 1 aromatic rings. The first-order valence-corrected chi connectivity index (χ1v) is 9.86. The number of nitrogens with zero attached hydrogens (tertiary/aromatic N) is 1. The third-order valence-corrected chi connectivity index (χ3v) is 6.27. The van der Waals surface area contributed by atoms with E-state index in [1.807, 2.05) is 39.8 Å². The van der Waals surface area contributed by atoms with E-state index in [9.17, 15) is 4.79 Å². The van der Waals surface area contributed by atoms with E-state index in [2.05, 4.69) is 10.2 Å². The molecule has 3 atom stereocenters. The summed E-state index contributed by atoms with van der Waals surface area (Å²) in [6.45, 7) is 12.0. The molecule has 3 N–H and O–H groups in total. The molecule has 3 unspecified atom stereocenters. The zero-order valence-electron chi connectivity index (χ0n) is 16.9. The van der Waals surface area contributed by atoms with Gasteiger partial charge < -0.3 is 24.9 Å². The summed E-state index contributed by atoms with van der Waals surface area (Å²) < 4.78 is 17.1. The topological polar surface area (TPSA) is 90.0 Å². The second-order valence-electron chi connectivity index (χ2n) is 8.16. The quantitative estimate of drug-likeness (QED) is 0.748. The first-order chi connectivity index (χ1) is 12.8. The van der Waals surface area contributed by atoms with Gasteiger partial charge in [0, 0.05) is 38.1 Å². The standard InChI is InChI=1S/C20H33N3O4/c1-5-26-17-12-20(21,19(17,3)4)18(24)22-13-15(16-7-6-14(2)27-16)23-8-10-25-11-9-23/h6-7,15,17H,5,8-13,21H2,1-4H3,(H,22,24). The minimum absolute atomic E-state index is 0.0148. The largest absolute Gasteiger partial charge is 0.465 e. The number of rotatable bonds is 7. The monoisotopic (exact) mass is 379 g/mol. The van der Waals surface area contributed by atoms with Gasteiger partial charge in [0.2, 0.25) is 5.91 Å². The van der Waals surface area contributed by atoms with Gasteiger partial charge in [0.25, 0.3) is 0 Å². The number of morpholine rings is 1. The Hall–Kier alpha value is -1.41. The van der Waals surface area contributed by atoms with Crippen LogP contribution < -0.4 is 11.1 Å². The number of carbonyl (C=O) groups excluding carboxylic acids is 1. The fourth-order valence-corrected chi connectivity index (χ4v) is 4.10. The average molecular weight is 380 g/mol. The molecule has 2 fully saturated rings. The van der Waals surface area contributed by atoms with Crippen LogP contribution in [0, 0.1) is 12.3 Å². The highest BCUT2D eigenvalue weighted by Gasteiger charge is 2.62. The van der Waals surface area contributed by atoms with Gasteiger partial charge in [0.1, 0.15) is 17.1 Å². The number of hydrogen-bond acceptors (Lipinski definition) is 6. The summed E-state index contributed by atoms with van der Waals surface area (Å²) in [6, 6.07) is 3.91. The summed E-state index contributed by atoms with van der Waals surface area (Å²) in [5.41, 5.74) is 5.19. The Kier molecular flexibility index (Phi) is 5.96. The zero-order valence-corrected chi connectivity index (χ0v) is 16.9. The van der Waals surface area contributed by atoms with Gasteiger partial charge in [0.15, 0.2) is 0 Å². The maximum Gasteiger partial charge on any atom is 0.240 e. The summed E-state index contributed by atoms with van der Waals surface area (Å²) in [4.78, 5) is 15.3. The van der Waals surface area contributed by atoms with Crippen LogP contribution in [0.15, 0.2) is 16.5 Å². The number of amides is 1. The Balaban J connectivity index is 1.67. The Morgan fingerprint density at radius 3 is 2.67 bits per heavy atom. The van der Waals surface area contributed by atoms with E-state index in [1.165, 1.54) is 0 Å². The van der Waals surface area contributed by atoms with Crippen LogP contribution in [-0.4, -0.2) is 61.9 Å². The van der Waals surface area contributed by atoms with Crippen molar-refractivity contribution in [1.29, 1.82) is 0 Å². The second-order valence-corrected chi connectivity index (χ2v) is 8.16. The fourth-order valence-electron chi connectivity index (χ4n) is 4.10. The molecular formula is C20H33N3O4. The van der Waals surface area contributed by atoms with E-state index in [1.54, 1.807) is 0 Å². The summed E-state index contributed by atoms with van der Waals surface area (Å²) >= 11 is 0. The number of nitrogens with two attached hydrogens (primary N) is 1. The number of nitrogens with one attached hydrogen (secondary N) is 1. The number of ether oxygens (including phenoxy) is 2. The molecule has 1 amide bonds. The second kappa shape index (κ2) is 7.91. The summed E-state index contributed by atoms with van der Waals surface area (Å²) in [6.07, 6.45) is 0.558. The molecule has 0 aromatic carbocycles. The van der Waals surface area contributed by atoms with Gasteiger partial charge in [-0.1, -0.05) is 13.8 Å². The lowest BCUT2D eigenvalue weighted by molar-refractivity contribution is -0.170. The third kappa shape index (κ3) is 3.78. The van der Waals surface area contributed by atoms with Gasteiger partial charge in [-0.2, -0.15) is 0 Å². The summed E-state index contributed by atoms with van der Waals surface area (Å²) in [5.74, 6) is 1.61. The molecule has 0 radical (unpaired) electrons. The molecule has 0 spiro atoms. The predicted octanol–water partition coefficient (Wildman–Crippen LogP) is 1.61. The molecule has 7 nitrogen and oxygen atoms in total. The molecule has 2 aliphatic rings. The Morgan fingerprint density at radius 1 is 1.41 bits per heavy atom. The molecule has 7 heteroatoms. The van der Waals surface area contributed by atoms with E-state index >= 15 is 0 Å². The Bertz CT molecular complexity index is 653. The van der Waals surface area contributed by atoms with Gasteiger partial charge in [-0.15, -0.1) is 0 Å². The number of hydrogen-bond donors (Lipinski definition) is 2. The lowest BCUT2D eigenvalue weighted by Gasteiger charge is -2.57. The SMILES string of the molecule is CCOC1CC(N)(C(=O)NCC(c2ccc(C)o2)N2CCOCC2)C1(C)C. The number of furan rings is 1. The van der Waals surface area contributed by atoms with Crippen LogP contribution >= 0.6 is 0 Å². The molecule has 3 rings (SSSR count). The molecular weight excluding hydrogens is 346 g/mol. The molecule has 1 saturated heterocycles. The lowest BCUT2D eigenvalue weighted by atomic mass is 9.54. The molecule has 1 aromatic heterocycles. The summed E-state index contributed by atoms with van der Waals surface area (Å²) in [7, 11) is 0. The van der Waals surface area contributed by atoms with Crippen LogP contribution in [0.2, 0.25) is 0 Å². The van der Waals surface area contributed by atoms with E-state index in [0.717, 1.165) is 24.6 Å². The predicted molar refractivity (Wildman–Crippen MR) is 102 cm³/mol. The fraction of sp³-hybridized carbons (Fsp3) is 0.750. The van der Waals surface area contributed by atoms with Crippen molar-refractivity contribution in [1.82, 2.24) is 10.2 Å². The normalized spacial score (nSPS) is 29.1. The van der Waals surface area contributed by atoms with E-state index < -0.39 is 11.0 Å². The van der Waals surface area contributed by atoms with Crippen LogP contribution in [0.1, 0.15) is 44.8 Å². The van der Waals surface area contributed by atoms with Gasteiger partial charge in [-0.25, -0.2) is 0 Å². The van der Waals surface area contributed by atoms with Crippen molar-refractivity contribution in [2.24, 2.45) is 11.1 Å². The zero-order chi connectivity index (χ0) is 19.7. The van der Waals surface area contributed by atoms with Crippen molar-refractivity contribution in [2.45, 2.75) is 51.8 Å². The van der Waals surface area contributed by atoms with Crippen molar-refractivity contribution in [2.75, 3.05) is 39.5 Å². The Labute approximate surface area is 161 Å². The molecule has 2 heterocycles. The Morgan fingerprint density at radius 2 is 2.11 bits per heavy atom. The van der Waals surface area contributed by atoms with Crippen LogP contribution in [0.25, 0.3) is 0 Å².